The number of rotatable bonds is 6. The van der Waals surface area contributed by atoms with Crippen LogP contribution in [0.15, 0.2) is 43.0 Å². The van der Waals surface area contributed by atoms with Gasteiger partial charge in [0.1, 0.15) is 11.9 Å². The highest BCUT2D eigenvalue weighted by atomic mass is 16.7. The minimum atomic E-state index is -1.07. The van der Waals surface area contributed by atoms with Gasteiger partial charge in [-0.3, -0.25) is 0 Å². The number of aliphatic hydroxyl groups excluding tert-OH is 1. The summed E-state index contributed by atoms with van der Waals surface area (Å²) in [4.78, 5) is 11.2. The lowest BCUT2D eigenvalue weighted by Crippen LogP contribution is -2.34. The van der Waals surface area contributed by atoms with Gasteiger partial charge in [0, 0.05) is 11.6 Å². The Morgan fingerprint density at radius 1 is 1.42 bits per heavy atom. The molecule has 102 valence electrons. The lowest BCUT2D eigenvalue weighted by atomic mass is 10.2. The summed E-state index contributed by atoms with van der Waals surface area (Å²) in [6, 6.07) is 7.28. The third-order valence-corrected chi connectivity index (χ3v) is 2.30. The van der Waals surface area contributed by atoms with E-state index in [4.69, 9.17) is 9.47 Å². The average molecular weight is 262 g/mol. The molecule has 0 radical (unpaired) electrons. The molecule has 0 fully saturated rings. The number of carbonyl (C=O) groups is 1. The molecule has 1 rings (SSSR count). The molecule has 0 aliphatic carbocycles. The summed E-state index contributed by atoms with van der Waals surface area (Å²) in [7, 11) is 0. The van der Waals surface area contributed by atoms with Gasteiger partial charge in [0.05, 0.1) is 0 Å². The second kappa shape index (κ2) is 7.38. The summed E-state index contributed by atoms with van der Waals surface area (Å²) in [5.74, 6) is -0.113. The first-order chi connectivity index (χ1) is 9.08. The number of aliphatic hydroxyl groups is 1. The molecule has 1 aromatic carbocycles. The second-order valence-corrected chi connectivity index (χ2v) is 3.91. The SMILES string of the molecule is C=CC(=O)OC(Oc1ccccc1C=CC)C(C)O. The number of para-hydroxylation sites is 1. The highest BCUT2D eigenvalue weighted by Gasteiger charge is 2.21. The zero-order valence-electron chi connectivity index (χ0n) is 11.1. The van der Waals surface area contributed by atoms with Crippen molar-refractivity contribution >= 4 is 12.0 Å². The molecule has 0 spiro atoms. The molecule has 0 bridgehead atoms. The third-order valence-electron chi connectivity index (χ3n) is 2.30. The van der Waals surface area contributed by atoms with Gasteiger partial charge in [-0.2, -0.15) is 0 Å². The molecule has 0 aromatic heterocycles. The number of hydrogen-bond donors (Lipinski definition) is 1. The lowest BCUT2D eigenvalue weighted by molar-refractivity contribution is -0.172. The quantitative estimate of drug-likeness (QED) is 0.486. The first kappa shape index (κ1) is 15.0. The van der Waals surface area contributed by atoms with Gasteiger partial charge in [-0.05, 0) is 19.9 Å². The first-order valence-electron chi connectivity index (χ1n) is 5.98. The third kappa shape index (κ3) is 4.60. The molecule has 1 aromatic rings. The number of allylic oxidation sites excluding steroid dienone is 1. The second-order valence-electron chi connectivity index (χ2n) is 3.91. The Bertz CT molecular complexity index is 463. The van der Waals surface area contributed by atoms with Crippen molar-refractivity contribution in [2.75, 3.05) is 0 Å². The van der Waals surface area contributed by atoms with Crippen LogP contribution < -0.4 is 4.74 Å². The van der Waals surface area contributed by atoms with Crippen LogP contribution in [-0.4, -0.2) is 23.5 Å². The van der Waals surface area contributed by atoms with Gasteiger partial charge in [0.25, 0.3) is 6.29 Å². The molecule has 2 unspecified atom stereocenters. The van der Waals surface area contributed by atoms with Crippen molar-refractivity contribution in [1.29, 1.82) is 0 Å². The smallest absolute Gasteiger partial charge is 0.333 e. The van der Waals surface area contributed by atoms with Gasteiger partial charge < -0.3 is 14.6 Å². The van der Waals surface area contributed by atoms with E-state index in [-0.39, 0.29) is 0 Å². The predicted molar refractivity (Wildman–Crippen MR) is 73.5 cm³/mol. The lowest BCUT2D eigenvalue weighted by Gasteiger charge is -2.22. The molecule has 0 aliphatic rings. The molecule has 0 saturated carbocycles. The Labute approximate surface area is 113 Å². The van der Waals surface area contributed by atoms with Gasteiger partial charge in [0.2, 0.25) is 0 Å². The van der Waals surface area contributed by atoms with Crippen molar-refractivity contribution in [2.45, 2.75) is 26.2 Å². The fraction of sp³-hybridized carbons (Fsp3) is 0.267. The normalized spacial score (nSPS) is 13.8. The van der Waals surface area contributed by atoms with Crippen LogP contribution in [0, 0.1) is 0 Å². The molecule has 2 atom stereocenters. The molecule has 0 amide bonds. The number of ether oxygens (including phenoxy) is 2. The van der Waals surface area contributed by atoms with Crippen molar-refractivity contribution in [3.63, 3.8) is 0 Å². The van der Waals surface area contributed by atoms with Crippen LogP contribution in [0.4, 0.5) is 0 Å². The number of benzene rings is 1. The monoisotopic (exact) mass is 262 g/mol. The molecule has 0 heterocycles. The molecule has 1 N–H and O–H groups in total. The standard InChI is InChI=1S/C15H18O4/c1-4-8-12-9-6-7-10-13(12)18-15(11(3)16)19-14(17)5-2/h4-11,15-16H,2H2,1,3H3. The largest absolute Gasteiger partial charge is 0.451 e. The summed E-state index contributed by atoms with van der Waals surface area (Å²) in [5.41, 5.74) is 0.838. The minimum absolute atomic E-state index is 0.531. The summed E-state index contributed by atoms with van der Waals surface area (Å²) in [6.45, 7) is 6.68. The fourth-order valence-corrected chi connectivity index (χ4v) is 1.41. The number of esters is 1. The van der Waals surface area contributed by atoms with Crippen LogP contribution in [0.5, 0.6) is 5.75 Å². The average Bonchev–Trinajstić information content (AvgIpc) is 2.40. The van der Waals surface area contributed by atoms with Crippen LogP contribution >= 0.6 is 0 Å². The Morgan fingerprint density at radius 3 is 2.68 bits per heavy atom. The van der Waals surface area contributed by atoms with E-state index in [1.807, 2.05) is 31.2 Å². The van der Waals surface area contributed by atoms with Gasteiger partial charge in [-0.25, -0.2) is 4.79 Å². The molecule has 4 heteroatoms. The van der Waals surface area contributed by atoms with E-state index in [9.17, 15) is 9.90 Å². The van der Waals surface area contributed by atoms with Crippen LogP contribution in [0.1, 0.15) is 19.4 Å². The molecule has 0 saturated heterocycles. The van der Waals surface area contributed by atoms with Crippen molar-refractivity contribution < 1.29 is 19.4 Å². The molecular formula is C15H18O4. The van der Waals surface area contributed by atoms with E-state index >= 15 is 0 Å². The summed E-state index contributed by atoms with van der Waals surface area (Å²) in [6.07, 6.45) is 2.73. The van der Waals surface area contributed by atoms with Crippen molar-refractivity contribution in [3.8, 4) is 5.75 Å². The maximum Gasteiger partial charge on any atom is 0.333 e. The maximum absolute atomic E-state index is 11.2. The zero-order valence-corrected chi connectivity index (χ0v) is 11.1. The van der Waals surface area contributed by atoms with E-state index < -0.39 is 18.4 Å². The van der Waals surface area contributed by atoms with E-state index in [1.54, 1.807) is 12.1 Å². The Kier molecular flexibility index (Phi) is 5.82. The van der Waals surface area contributed by atoms with Crippen LogP contribution in [0.2, 0.25) is 0 Å². The van der Waals surface area contributed by atoms with Crippen molar-refractivity contribution in [2.24, 2.45) is 0 Å². The van der Waals surface area contributed by atoms with Gasteiger partial charge >= 0.3 is 5.97 Å². The fourth-order valence-electron chi connectivity index (χ4n) is 1.41. The highest BCUT2D eigenvalue weighted by Crippen LogP contribution is 2.22. The summed E-state index contributed by atoms with van der Waals surface area (Å²) in [5, 5.41) is 9.58. The number of hydrogen-bond acceptors (Lipinski definition) is 4. The molecular weight excluding hydrogens is 244 g/mol. The van der Waals surface area contributed by atoms with Gasteiger partial charge in [-0.15, -0.1) is 0 Å². The maximum atomic E-state index is 11.2. The first-order valence-corrected chi connectivity index (χ1v) is 5.98. The molecule has 0 aliphatic heterocycles. The Balaban J connectivity index is 2.90. The van der Waals surface area contributed by atoms with E-state index in [0.29, 0.717) is 5.75 Å². The van der Waals surface area contributed by atoms with E-state index in [1.165, 1.54) is 6.92 Å². The van der Waals surface area contributed by atoms with Crippen molar-refractivity contribution in [3.05, 3.63) is 48.6 Å². The van der Waals surface area contributed by atoms with Gasteiger partial charge in [-0.1, -0.05) is 36.9 Å². The van der Waals surface area contributed by atoms with E-state index in [2.05, 4.69) is 6.58 Å². The van der Waals surface area contributed by atoms with Crippen LogP contribution in [0.25, 0.3) is 6.08 Å². The highest BCUT2D eigenvalue weighted by molar-refractivity contribution is 5.81. The van der Waals surface area contributed by atoms with Crippen molar-refractivity contribution in [1.82, 2.24) is 0 Å². The minimum Gasteiger partial charge on any atom is -0.451 e. The Hall–Kier alpha value is -2.07. The van der Waals surface area contributed by atoms with Crippen LogP contribution in [-0.2, 0) is 9.53 Å². The summed E-state index contributed by atoms with van der Waals surface area (Å²) >= 11 is 0. The Morgan fingerprint density at radius 2 is 2.11 bits per heavy atom. The zero-order chi connectivity index (χ0) is 14.3. The summed E-state index contributed by atoms with van der Waals surface area (Å²) < 4.78 is 10.5. The van der Waals surface area contributed by atoms with E-state index in [0.717, 1.165) is 11.6 Å². The molecule has 4 nitrogen and oxygen atoms in total. The van der Waals surface area contributed by atoms with Crippen LogP contribution in [0.3, 0.4) is 0 Å². The topological polar surface area (TPSA) is 55.8 Å². The van der Waals surface area contributed by atoms with Gasteiger partial charge in [0.15, 0.2) is 0 Å². The molecule has 19 heavy (non-hydrogen) atoms. The number of carbonyl (C=O) groups excluding carboxylic acids is 1. The predicted octanol–water partition coefficient (Wildman–Crippen LogP) is 2.53.